The van der Waals surface area contributed by atoms with Crippen molar-refractivity contribution in [3.8, 4) is 0 Å². The van der Waals surface area contributed by atoms with Crippen molar-refractivity contribution in [3.05, 3.63) is 35.4 Å². The van der Waals surface area contributed by atoms with Gasteiger partial charge in [0, 0.05) is 45.3 Å². The van der Waals surface area contributed by atoms with Gasteiger partial charge in [-0.3, -0.25) is 9.69 Å². The summed E-state index contributed by atoms with van der Waals surface area (Å²) in [5.41, 5.74) is -0.432. The Bertz CT molecular complexity index is 517. The molecule has 2 aliphatic rings. The van der Waals surface area contributed by atoms with Crippen molar-refractivity contribution in [1.29, 1.82) is 0 Å². The van der Waals surface area contributed by atoms with Crippen molar-refractivity contribution in [1.82, 2.24) is 15.1 Å². The number of hydrogen-bond donors (Lipinski definition) is 1. The molecular weight excluding hydrogens is 312 g/mol. The number of benzene rings is 1. The molecule has 122 valence electrons. The first-order valence-electron chi connectivity index (χ1n) is 7.35. The number of nitrogens with one attached hydrogen (secondary N) is 1. The Hall–Kier alpha value is -1.24. The molecule has 3 rings (SSSR count). The van der Waals surface area contributed by atoms with Crippen molar-refractivity contribution in [3.63, 3.8) is 0 Å². The molecule has 1 unspecified atom stereocenters. The predicted molar refractivity (Wildman–Crippen MR) is 82.4 cm³/mol. The van der Waals surface area contributed by atoms with Gasteiger partial charge >= 0.3 is 0 Å². The zero-order chi connectivity index (χ0) is 14.8. The highest BCUT2D eigenvalue weighted by atomic mass is 35.5. The van der Waals surface area contributed by atoms with Crippen LogP contribution in [-0.2, 0) is 0 Å². The predicted octanol–water partition coefficient (Wildman–Crippen LogP) is 1.51. The van der Waals surface area contributed by atoms with Gasteiger partial charge in [-0.05, 0) is 18.6 Å². The standard InChI is InChI=1S/C15H19F2N3O.ClH/c16-12-2-1-3-13(17)14(12)15(21)20-7-4-11(10-20)19-8-5-18-6-9-19;/h1-3,11,18H,4-10H2;1H. The maximum Gasteiger partial charge on any atom is 0.259 e. The van der Waals surface area contributed by atoms with Crippen LogP contribution in [0, 0.1) is 11.6 Å². The smallest absolute Gasteiger partial charge is 0.259 e. The molecule has 1 atom stereocenters. The summed E-state index contributed by atoms with van der Waals surface area (Å²) in [6.45, 7) is 4.92. The second-order valence-electron chi connectivity index (χ2n) is 5.58. The van der Waals surface area contributed by atoms with Gasteiger partial charge in [-0.2, -0.15) is 0 Å². The van der Waals surface area contributed by atoms with Crippen molar-refractivity contribution >= 4 is 18.3 Å². The molecule has 2 saturated heterocycles. The molecule has 1 N–H and O–H groups in total. The van der Waals surface area contributed by atoms with Crippen LogP contribution in [-0.4, -0.2) is 61.0 Å². The van der Waals surface area contributed by atoms with E-state index in [0.717, 1.165) is 44.7 Å². The molecule has 22 heavy (non-hydrogen) atoms. The van der Waals surface area contributed by atoms with Gasteiger partial charge in [-0.1, -0.05) is 6.07 Å². The number of piperazine rings is 1. The average Bonchev–Trinajstić information content (AvgIpc) is 2.97. The Labute approximate surface area is 134 Å². The van der Waals surface area contributed by atoms with Crippen molar-refractivity contribution < 1.29 is 13.6 Å². The fourth-order valence-corrected chi connectivity index (χ4v) is 3.13. The van der Waals surface area contributed by atoms with Crippen LogP contribution in [0.1, 0.15) is 16.8 Å². The lowest BCUT2D eigenvalue weighted by atomic mass is 10.1. The van der Waals surface area contributed by atoms with Crippen molar-refractivity contribution in [2.24, 2.45) is 0 Å². The highest BCUT2D eigenvalue weighted by Gasteiger charge is 2.33. The van der Waals surface area contributed by atoms with Crippen LogP contribution in [0.4, 0.5) is 8.78 Å². The fraction of sp³-hybridized carbons (Fsp3) is 0.533. The summed E-state index contributed by atoms with van der Waals surface area (Å²) in [5.74, 6) is -2.11. The summed E-state index contributed by atoms with van der Waals surface area (Å²) in [5, 5.41) is 3.29. The molecule has 2 heterocycles. The van der Waals surface area contributed by atoms with Crippen LogP contribution >= 0.6 is 12.4 Å². The average molecular weight is 332 g/mol. The maximum atomic E-state index is 13.7. The minimum Gasteiger partial charge on any atom is -0.337 e. The van der Waals surface area contributed by atoms with Gasteiger partial charge in [0.15, 0.2) is 0 Å². The Morgan fingerprint density at radius 3 is 2.41 bits per heavy atom. The highest BCUT2D eigenvalue weighted by Crippen LogP contribution is 2.21. The minimum absolute atomic E-state index is 0. The van der Waals surface area contributed by atoms with Gasteiger partial charge in [-0.25, -0.2) is 8.78 Å². The summed E-state index contributed by atoms with van der Waals surface area (Å²) in [6, 6.07) is 3.82. The number of nitrogens with zero attached hydrogens (tertiary/aromatic N) is 2. The van der Waals surface area contributed by atoms with Gasteiger partial charge < -0.3 is 10.2 Å². The van der Waals surface area contributed by atoms with E-state index in [4.69, 9.17) is 0 Å². The first kappa shape index (κ1) is 17.1. The molecule has 0 aliphatic carbocycles. The fourth-order valence-electron chi connectivity index (χ4n) is 3.13. The number of rotatable bonds is 2. The van der Waals surface area contributed by atoms with Crippen LogP contribution in [0.5, 0.6) is 0 Å². The first-order chi connectivity index (χ1) is 10.2. The highest BCUT2D eigenvalue weighted by molar-refractivity contribution is 5.95. The number of halogens is 3. The molecule has 1 aromatic rings. The van der Waals surface area contributed by atoms with Crippen LogP contribution < -0.4 is 5.32 Å². The largest absolute Gasteiger partial charge is 0.337 e. The molecule has 0 radical (unpaired) electrons. The van der Waals surface area contributed by atoms with E-state index in [2.05, 4.69) is 10.2 Å². The second-order valence-corrected chi connectivity index (χ2v) is 5.58. The van der Waals surface area contributed by atoms with Gasteiger partial charge in [-0.15, -0.1) is 12.4 Å². The van der Waals surface area contributed by atoms with E-state index in [1.807, 2.05) is 0 Å². The van der Waals surface area contributed by atoms with Crippen LogP contribution in [0.25, 0.3) is 0 Å². The van der Waals surface area contributed by atoms with E-state index >= 15 is 0 Å². The number of amides is 1. The molecule has 7 heteroatoms. The maximum absolute atomic E-state index is 13.7. The Morgan fingerprint density at radius 1 is 1.14 bits per heavy atom. The lowest BCUT2D eigenvalue weighted by Gasteiger charge is -2.32. The van der Waals surface area contributed by atoms with Crippen LogP contribution in [0.2, 0.25) is 0 Å². The number of likely N-dealkylation sites (tertiary alicyclic amines) is 1. The third-order valence-electron chi connectivity index (χ3n) is 4.30. The topological polar surface area (TPSA) is 35.6 Å². The third-order valence-corrected chi connectivity index (χ3v) is 4.30. The molecule has 0 bridgehead atoms. The minimum atomic E-state index is -0.786. The number of carbonyl (C=O) groups is 1. The summed E-state index contributed by atoms with van der Waals surface area (Å²) < 4.78 is 27.4. The molecule has 0 aromatic heterocycles. The Balaban J connectivity index is 0.00000176. The summed E-state index contributed by atoms with van der Waals surface area (Å²) >= 11 is 0. The molecule has 4 nitrogen and oxygen atoms in total. The zero-order valence-corrected chi connectivity index (χ0v) is 13.0. The summed E-state index contributed by atoms with van der Waals surface area (Å²) in [6.07, 6.45) is 0.863. The molecule has 2 fully saturated rings. The molecule has 2 aliphatic heterocycles. The van der Waals surface area contributed by atoms with E-state index in [1.54, 1.807) is 4.90 Å². The van der Waals surface area contributed by atoms with Crippen LogP contribution in [0.3, 0.4) is 0 Å². The molecular formula is C15H20ClF2N3O. The van der Waals surface area contributed by atoms with E-state index in [-0.39, 0.29) is 12.4 Å². The van der Waals surface area contributed by atoms with Crippen LogP contribution in [0.15, 0.2) is 18.2 Å². The third kappa shape index (κ3) is 3.39. The summed E-state index contributed by atoms with van der Waals surface area (Å²) in [7, 11) is 0. The molecule has 0 spiro atoms. The monoisotopic (exact) mass is 331 g/mol. The number of carbonyl (C=O) groups excluding carboxylic acids is 1. The van der Waals surface area contributed by atoms with E-state index in [1.165, 1.54) is 6.07 Å². The van der Waals surface area contributed by atoms with Gasteiger partial charge in [0.05, 0.1) is 0 Å². The van der Waals surface area contributed by atoms with Gasteiger partial charge in [0.2, 0.25) is 0 Å². The zero-order valence-electron chi connectivity index (χ0n) is 12.2. The SMILES string of the molecule is Cl.O=C(c1c(F)cccc1F)N1CCC(N2CCNCC2)C1. The Kier molecular flexibility index (Phi) is 5.72. The lowest BCUT2D eigenvalue weighted by molar-refractivity contribution is 0.0764. The first-order valence-corrected chi connectivity index (χ1v) is 7.35. The normalized spacial score (nSPS) is 22.5. The summed E-state index contributed by atoms with van der Waals surface area (Å²) in [4.78, 5) is 16.2. The second kappa shape index (κ2) is 7.35. The number of hydrogen-bond acceptors (Lipinski definition) is 3. The quantitative estimate of drug-likeness (QED) is 0.892. The lowest BCUT2D eigenvalue weighted by Crippen LogP contribution is -2.49. The van der Waals surface area contributed by atoms with Crippen molar-refractivity contribution in [2.75, 3.05) is 39.3 Å². The Morgan fingerprint density at radius 2 is 1.77 bits per heavy atom. The molecule has 1 amide bonds. The van der Waals surface area contributed by atoms with Gasteiger partial charge in [0.25, 0.3) is 5.91 Å². The molecule has 0 saturated carbocycles. The van der Waals surface area contributed by atoms with Crippen molar-refractivity contribution in [2.45, 2.75) is 12.5 Å². The van der Waals surface area contributed by atoms with E-state index in [0.29, 0.717) is 19.1 Å². The van der Waals surface area contributed by atoms with E-state index in [9.17, 15) is 13.6 Å². The van der Waals surface area contributed by atoms with Gasteiger partial charge in [0.1, 0.15) is 17.2 Å². The van der Waals surface area contributed by atoms with E-state index < -0.39 is 23.1 Å². The molecule has 1 aromatic carbocycles.